The second-order valence-corrected chi connectivity index (χ2v) is 9.85. The number of nitrogens with zero attached hydrogens (tertiary/aromatic N) is 2. The highest BCUT2D eigenvalue weighted by atomic mass is 32.2. The first kappa shape index (κ1) is 23.5. The molecule has 0 spiro atoms. The maximum absolute atomic E-state index is 12.7. The molecule has 0 saturated heterocycles. The van der Waals surface area contributed by atoms with Crippen molar-refractivity contribution < 1.29 is 32.2 Å². The first-order chi connectivity index (χ1) is 15.2. The van der Waals surface area contributed by atoms with E-state index in [0.29, 0.717) is 27.3 Å². The molecular weight excluding hydrogens is 456 g/mol. The van der Waals surface area contributed by atoms with Crippen LogP contribution >= 0.6 is 11.3 Å². The van der Waals surface area contributed by atoms with E-state index < -0.39 is 21.7 Å². The molecule has 0 aliphatic heterocycles. The Morgan fingerprint density at radius 2 is 1.75 bits per heavy atom. The Balaban J connectivity index is 2.04. The van der Waals surface area contributed by atoms with Crippen molar-refractivity contribution in [2.24, 2.45) is 4.99 Å². The summed E-state index contributed by atoms with van der Waals surface area (Å²) in [6.45, 7) is -0.169. The number of esters is 1. The predicted molar refractivity (Wildman–Crippen MR) is 119 cm³/mol. The quantitative estimate of drug-likeness (QED) is 0.477. The number of benzene rings is 2. The maximum atomic E-state index is 12.7. The summed E-state index contributed by atoms with van der Waals surface area (Å²) < 4.78 is 41.1. The Hall–Kier alpha value is -3.18. The molecule has 1 aromatic heterocycles. The minimum Gasteiger partial charge on any atom is -0.493 e. The first-order valence-electron chi connectivity index (χ1n) is 9.35. The molecule has 1 amide bonds. The third kappa shape index (κ3) is 5.17. The molecule has 11 heteroatoms. The number of hydrogen-bond donors (Lipinski definition) is 0. The van der Waals surface area contributed by atoms with E-state index >= 15 is 0 Å². The van der Waals surface area contributed by atoms with Crippen LogP contribution in [-0.2, 0) is 37.1 Å². The number of thiazole rings is 1. The maximum Gasteiger partial charge on any atom is 0.325 e. The smallest absolute Gasteiger partial charge is 0.325 e. The molecule has 0 unspecified atom stereocenters. The topological polar surface area (TPSA) is 113 Å². The lowest BCUT2D eigenvalue weighted by Crippen LogP contribution is -2.22. The number of hydrogen-bond acceptors (Lipinski definition) is 8. The van der Waals surface area contributed by atoms with Crippen molar-refractivity contribution in [1.82, 2.24) is 4.57 Å². The fraction of sp³-hybridized carbons (Fsp3) is 0.286. The summed E-state index contributed by atoms with van der Waals surface area (Å²) in [4.78, 5) is 29.2. The summed E-state index contributed by atoms with van der Waals surface area (Å²) in [5.41, 5.74) is 1.25. The fourth-order valence-corrected chi connectivity index (χ4v) is 4.84. The molecule has 0 bridgehead atoms. The summed E-state index contributed by atoms with van der Waals surface area (Å²) in [6, 6.07) is 9.67. The van der Waals surface area contributed by atoms with Crippen LogP contribution in [0.15, 0.2) is 46.3 Å². The van der Waals surface area contributed by atoms with Gasteiger partial charge in [0.2, 0.25) is 0 Å². The van der Waals surface area contributed by atoms with Crippen LogP contribution in [-0.4, -0.2) is 52.4 Å². The van der Waals surface area contributed by atoms with Crippen LogP contribution < -0.4 is 14.3 Å². The van der Waals surface area contributed by atoms with E-state index in [0.717, 1.165) is 17.6 Å². The average Bonchev–Trinajstić information content (AvgIpc) is 3.08. The molecule has 0 N–H and O–H groups in total. The van der Waals surface area contributed by atoms with E-state index in [1.165, 1.54) is 38.0 Å². The predicted octanol–water partition coefficient (Wildman–Crippen LogP) is 1.97. The van der Waals surface area contributed by atoms with Gasteiger partial charge in [-0.3, -0.25) is 9.59 Å². The molecule has 0 fully saturated rings. The molecule has 0 aliphatic rings. The Labute approximate surface area is 188 Å². The fourth-order valence-electron chi connectivity index (χ4n) is 3.03. The molecule has 1 heterocycles. The van der Waals surface area contributed by atoms with Crippen LogP contribution in [0.1, 0.15) is 5.56 Å². The van der Waals surface area contributed by atoms with E-state index in [2.05, 4.69) is 4.99 Å². The van der Waals surface area contributed by atoms with E-state index in [4.69, 9.17) is 14.2 Å². The first-order valence-corrected chi connectivity index (χ1v) is 12.1. The van der Waals surface area contributed by atoms with Gasteiger partial charge in [0.1, 0.15) is 6.54 Å². The van der Waals surface area contributed by atoms with Crippen molar-refractivity contribution in [2.75, 3.05) is 27.6 Å². The van der Waals surface area contributed by atoms with E-state index in [9.17, 15) is 18.0 Å². The zero-order valence-corrected chi connectivity index (χ0v) is 19.6. The van der Waals surface area contributed by atoms with Crippen LogP contribution in [0.25, 0.3) is 10.2 Å². The van der Waals surface area contributed by atoms with E-state index in [-0.39, 0.29) is 22.7 Å². The van der Waals surface area contributed by atoms with Crippen LogP contribution in [0.2, 0.25) is 0 Å². The summed E-state index contributed by atoms with van der Waals surface area (Å²) >= 11 is 1.12. The van der Waals surface area contributed by atoms with Gasteiger partial charge in [0.15, 0.2) is 26.1 Å². The highest BCUT2D eigenvalue weighted by molar-refractivity contribution is 7.90. The van der Waals surface area contributed by atoms with Crippen LogP contribution in [0.4, 0.5) is 0 Å². The zero-order chi connectivity index (χ0) is 23.5. The molecule has 3 aromatic rings. The zero-order valence-electron chi connectivity index (χ0n) is 17.9. The standard InChI is InChI=1S/C21H22N2O7S2/c1-28-16-8-5-13(9-17(16)29-2)10-19(24)22-21-23(12-20(25)30-3)15-7-6-14(32(4,26)27)11-18(15)31-21/h5-9,11H,10,12H2,1-4H3. The monoisotopic (exact) mass is 478 g/mol. The van der Waals surface area contributed by atoms with Gasteiger partial charge in [-0.05, 0) is 35.9 Å². The molecular formula is C21H22N2O7S2. The average molecular weight is 479 g/mol. The molecule has 0 atom stereocenters. The number of methoxy groups -OCH3 is 3. The number of ether oxygens (including phenoxy) is 3. The molecule has 2 aromatic carbocycles. The van der Waals surface area contributed by atoms with Crippen molar-refractivity contribution in [1.29, 1.82) is 0 Å². The van der Waals surface area contributed by atoms with Crippen molar-refractivity contribution in [2.45, 2.75) is 17.9 Å². The Morgan fingerprint density at radius 3 is 2.38 bits per heavy atom. The molecule has 0 radical (unpaired) electrons. The highest BCUT2D eigenvalue weighted by Gasteiger charge is 2.15. The third-order valence-corrected chi connectivity index (χ3v) is 6.77. The van der Waals surface area contributed by atoms with Crippen LogP contribution in [0.3, 0.4) is 0 Å². The normalized spacial score (nSPS) is 12.1. The van der Waals surface area contributed by atoms with Crippen LogP contribution in [0, 0.1) is 0 Å². The SMILES string of the molecule is COC(=O)Cn1c(=NC(=O)Cc2ccc(OC)c(OC)c2)sc2cc(S(C)(=O)=O)ccc21. The van der Waals surface area contributed by atoms with E-state index in [1.54, 1.807) is 24.3 Å². The van der Waals surface area contributed by atoms with Gasteiger partial charge < -0.3 is 18.8 Å². The van der Waals surface area contributed by atoms with Gasteiger partial charge in [-0.15, -0.1) is 0 Å². The van der Waals surface area contributed by atoms with Gasteiger partial charge in [-0.25, -0.2) is 8.42 Å². The molecule has 3 rings (SSSR count). The van der Waals surface area contributed by atoms with Gasteiger partial charge in [-0.2, -0.15) is 4.99 Å². The number of fused-ring (bicyclic) bond motifs is 1. The molecule has 0 aliphatic carbocycles. The third-order valence-electron chi connectivity index (χ3n) is 4.62. The highest BCUT2D eigenvalue weighted by Crippen LogP contribution is 2.28. The molecule has 32 heavy (non-hydrogen) atoms. The molecule has 170 valence electrons. The number of carbonyl (C=O) groups excluding carboxylic acids is 2. The molecule has 9 nitrogen and oxygen atoms in total. The van der Waals surface area contributed by atoms with Crippen molar-refractivity contribution in [3.05, 3.63) is 46.8 Å². The van der Waals surface area contributed by atoms with E-state index in [1.807, 2.05) is 0 Å². The van der Waals surface area contributed by atoms with Gasteiger partial charge in [0.25, 0.3) is 5.91 Å². The number of carbonyl (C=O) groups is 2. The Morgan fingerprint density at radius 1 is 1.03 bits per heavy atom. The van der Waals surface area contributed by atoms with Crippen molar-refractivity contribution in [3.63, 3.8) is 0 Å². The second kappa shape index (κ2) is 9.53. The summed E-state index contributed by atoms with van der Waals surface area (Å²) in [7, 11) is 0.875. The number of sulfone groups is 1. The lowest BCUT2D eigenvalue weighted by Gasteiger charge is -2.08. The van der Waals surface area contributed by atoms with Gasteiger partial charge in [-0.1, -0.05) is 17.4 Å². The van der Waals surface area contributed by atoms with Gasteiger partial charge in [0.05, 0.1) is 42.9 Å². The summed E-state index contributed by atoms with van der Waals surface area (Å²) in [5.74, 6) is 0.0767. The van der Waals surface area contributed by atoms with Crippen molar-refractivity contribution in [3.8, 4) is 11.5 Å². The minimum absolute atomic E-state index is 0.00140. The second-order valence-electron chi connectivity index (χ2n) is 6.82. The number of amides is 1. The number of rotatable bonds is 7. The van der Waals surface area contributed by atoms with Crippen LogP contribution in [0.5, 0.6) is 11.5 Å². The van der Waals surface area contributed by atoms with Crippen molar-refractivity contribution >= 4 is 43.3 Å². The summed E-state index contributed by atoms with van der Waals surface area (Å²) in [5, 5.41) is 0. The lowest BCUT2D eigenvalue weighted by molar-refractivity contribution is -0.141. The Kier molecular flexibility index (Phi) is 6.99. The molecule has 0 saturated carbocycles. The van der Waals surface area contributed by atoms with Gasteiger partial charge in [0, 0.05) is 6.26 Å². The lowest BCUT2D eigenvalue weighted by atomic mass is 10.1. The minimum atomic E-state index is -3.42. The summed E-state index contributed by atoms with van der Waals surface area (Å²) in [6.07, 6.45) is 1.11. The largest absolute Gasteiger partial charge is 0.493 e. The number of aromatic nitrogens is 1. The Bertz CT molecular complexity index is 1350. The van der Waals surface area contributed by atoms with Gasteiger partial charge >= 0.3 is 5.97 Å².